The number of fused-ring (bicyclic) bond motifs is 7. The monoisotopic (exact) mass is 728 g/mol. The second-order valence-electron chi connectivity index (χ2n) is 16.3. The highest BCUT2D eigenvalue weighted by Crippen LogP contribution is 2.56. The lowest BCUT2D eigenvalue weighted by Gasteiger charge is -2.28. The van der Waals surface area contributed by atoms with Crippen LogP contribution in [0, 0.1) is 0 Å². The Hall–Kier alpha value is -6.90. The number of aromatic nitrogens is 2. The molecule has 1 aromatic heterocycles. The van der Waals surface area contributed by atoms with E-state index < -0.39 is 0 Å². The van der Waals surface area contributed by atoms with Gasteiger partial charge in [-0.25, -0.2) is 9.97 Å². The molecular formula is C55H40N2. The first-order valence-corrected chi connectivity index (χ1v) is 19.9. The van der Waals surface area contributed by atoms with Crippen LogP contribution in [-0.2, 0) is 10.8 Å². The van der Waals surface area contributed by atoms with E-state index in [1.54, 1.807) is 0 Å². The maximum Gasteiger partial charge on any atom is 0.160 e. The fourth-order valence-corrected chi connectivity index (χ4v) is 9.82. The van der Waals surface area contributed by atoms with Crippen LogP contribution in [0.25, 0.3) is 78.1 Å². The number of rotatable bonds is 5. The van der Waals surface area contributed by atoms with Crippen molar-refractivity contribution in [3.05, 3.63) is 216 Å². The van der Waals surface area contributed by atoms with E-state index in [1.807, 2.05) is 6.07 Å². The third-order valence-corrected chi connectivity index (χ3v) is 12.8. The molecule has 0 saturated heterocycles. The molecule has 9 aromatic rings. The third-order valence-electron chi connectivity index (χ3n) is 12.8. The normalized spacial score (nSPS) is 15.8. The molecule has 57 heavy (non-hydrogen) atoms. The van der Waals surface area contributed by atoms with Gasteiger partial charge in [-0.2, -0.15) is 0 Å². The molecule has 2 nitrogen and oxygen atoms in total. The smallest absolute Gasteiger partial charge is 0.160 e. The van der Waals surface area contributed by atoms with Gasteiger partial charge in [-0.15, -0.1) is 0 Å². The van der Waals surface area contributed by atoms with Gasteiger partial charge in [0.15, 0.2) is 5.82 Å². The zero-order valence-corrected chi connectivity index (χ0v) is 32.3. The number of hydrogen-bond donors (Lipinski definition) is 0. The van der Waals surface area contributed by atoms with Crippen LogP contribution in [0.4, 0.5) is 0 Å². The number of hydrogen-bond acceptors (Lipinski definition) is 2. The number of benzene rings is 8. The summed E-state index contributed by atoms with van der Waals surface area (Å²) in [7, 11) is 0. The molecule has 0 saturated carbocycles. The molecule has 0 radical (unpaired) electrons. The highest BCUT2D eigenvalue weighted by atomic mass is 14.9. The van der Waals surface area contributed by atoms with Crippen LogP contribution in [0.5, 0.6) is 0 Å². The van der Waals surface area contributed by atoms with E-state index in [0.717, 1.165) is 28.1 Å². The standard InChI is InChI=1S/C55H40N2/c1-54(2)46-26-14-23-41(51(46)44-32-38-18-10-11-19-39(38)33-48(44)54)35-28-30-36(31-29-35)49-34-50(57-53(56-49)37-16-6-4-7-17-37)43-24-15-27-47-52(43)42-22-12-13-25-45(42)55(47,3)40-20-8-5-9-21-40/h4-34H,1-3H3. The molecule has 2 heteroatoms. The van der Waals surface area contributed by atoms with Crippen molar-refractivity contribution in [1.82, 2.24) is 9.97 Å². The van der Waals surface area contributed by atoms with Crippen LogP contribution in [0.2, 0.25) is 0 Å². The second kappa shape index (κ2) is 12.6. The molecule has 0 N–H and O–H groups in total. The Labute approximate surface area is 334 Å². The summed E-state index contributed by atoms with van der Waals surface area (Å²) >= 11 is 0. The zero-order valence-electron chi connectivity index (χ0n) is 32.3. The van der Waals surface area contributed by atoms with Gasteiger partial charge >= 0.3 is 0 Å². The van der Waals surface area contributed by atoms with Gasteiger partial charge in [0.2, 0.25) is 0 Å². The minimum absolute atomic E-state index is 0.0908. The fourth-order valence-electron chi connectivity index (χ4n) is 9.82. The molecule has 1 atom stereocenters. The maximum atomic E-state index is 5.32. The summed E-state index contributed by atoms with van der Waals surface area (Å²) < 4.78 is 0. The Morgan fingerprint density at radius 3 is 1.68 bits per heavy atom. The fraction of sp³-hybridized carbons (Fsp3) is 0.0909. The Morgan fingerprint density at radius 2 is 0.912 bits per heavy atom. The van der Waals surface area contributed by atoms with Crippen molar-refractivity contribution in [3.8, 4) is 67.3 Å². The van der Waals surface area contributed by atoms with E-state index in [1.165, 1.54) is 72.0 Å². The first-order chi connectivity index (χ1) is 27.9. The van der Waals surface area contributed by atoms with Gasteiger partial charge in [-0.3, -0.25) is 0 Å². The third kappa shape index (κ3) is 5.03. The van der Waals surface area contributed by atoms with E-state index in [4.69, 9.17) is 9.97 Å². The summed E-state index contributed by atoms with van der Waals surface area (Å²) in [6.45, 7) is 7.08. The average Bonchev–Trinajstić information content (AvgIpc) is 3.67. The quantitative estimate of drug-likeness (QED) is 0.176. The van der Waals surface area contributed by atoms with Gasteiger partial charge in [0.05, 0.1) is 11.4 Å². The van der Waals surface area contributed by atoms with Gasteiger partial charge in [0.1, 0.15) is 0 Å². The predicted molar refractivity (Wildman–Crippen MR) is 236 cm³/mol. The van der Waals surface area contributed by atoms with Crippen LogP contribution < -0.4 is 0 Å². The van der Waals surface area contributed by atoms with Crippen LogP contribution in [0.1, 0.15) is 48.6 Å². The summed E-state index contributed by atoms with van der Waals surface area (Å²) in [5.74, 6) is 0.717. The first kappa shape index (κ1) is 33.4. The summed E-state index contributed by atoms with van der Waals surface area (Å²) in [5.41, 5.74) is 18.9. The molecule has 11 rings (SSSR count). The van der Waals surface area contributed by atoms with E-state index in [2.05, 4.69) is 203 Å². The topological polar surface area (TPSA) is 25.8 Å². The summed E-state index contributed by atoms with van der Waals surface area (Å²) in [6.07, 6.45) is 0. The van der Waals surface area contributed by atoms with Gasteiger partial charge in [0.25, 0.3) is 0 Å². The Morgan fingerprint density at radius 1 is 0.351 bits per heavy atom. The molecule has 0 amide bonds. The van der Waals surface area contributed by atoms with Crippen molar-refractivity contribution in [2.24, 2.45) is 0 Å². The van der Waals surface area contributed by atoms with E-state index in [-0.39, 0.29) is 10.8 Å². The van der Waals surface area contributed by atoms with E-state index in [0.29, 0.717) is 5.82 Å². The first-order valence-electron chi connectivity index (χ1n) is 19.9. The average molecular weight is 729 g/mol. The molecule has 0 bridgehead atoms. The van der Waals surface area contributed by atoms with E-state index in [9.17, 15) is 0 Å². The summed E-state index contributed by atoms with van der Waals surface area (Å²) in [5, 5.41) is 2.56. The zero-order chi connectivity index (χ0) is 38.3. The second-order valence-corrected chi connectivity index (χ2v) is 16.3. The molecule has 1 unspecified atom stereocenters. The van der Waals surface area contributed by atoms with Crippen LogP contribution >= 0.6 is 0 Å². The van der Waals surface area contributed by atoms with Gasteiger partial charge in [0, 0.05) is 27.5 Å². The van der Waals surface area contributed by atoms with Gasteiger partial charge in [-0.1, -0.05) is 184 Å². The minimum atomic E-state index is -0.294. The maximum absolute atomic E-state index is 5.32. The summed E-state index contributed by atoms with van der Waals surface area (Å²) in [4.78, 5) is 10.6. The Bertz CT molecular complexity index is 3030. The highest BCUT2D eigenvalue weighted by molar-refractivity contribution is 5.99. The van der Waals surface area contributed by atoms with E-state index >= 15 is 0 Å². The van der Waals surface area contributed by atoms with Crippen LogP contribution in [0.15, 0.2) is 188 Å². The molecule has 0 spiro atoms. The van der Waals surface area contributed by atoms with Crippen molar-refractivity contribution >= 4 is 10.8 Å². The predicted octanol–water partition coefficient (Wildman–Crippen LogP) is 13.9. The lowest BCUT2D eigenvalue weighted by atomic mass is 9.74. The molecule has 0 fully saturated rings. The van der Waals surface area contributed by atoms with Crippen LogP contribution in [0.3, 0.4) is 0 Å². The lowest BCUT2D eigenvalue weighted by molar-refractivity contribution is 0.661. The molecule has 270 valence electrons. The minimum Gasteiger partial charge on any atom is -0.228 e. The summed E-state index contributed by atoms with van der Waals surface area (Å²) in [6, 6.07) is 68.3. The van der Waals surface area contributed by atoms with Crippen LogP contribution in [-0.4, -0.2) is 9.97 Å². The molecule has 2 aliphatic carbocycles. The van der Waals surface area contributed by atoms with Gasteiger partial charge in [-0.05, 0) is 97.1 Å². The van der Waals surface area contributed by atoms with Crippen molar-refractivity contribution in [1.29, 1.82) is 0 Å². The Balaban J connectivity index is 1.06. The largest absolute Gasteiger partial charge is 0.228 e. The van der Waals surface area contributed by atoms with Crippen molar-refractivity contribution in [2.75, 3.05) is 0 Å². The van der Waals surface area contributed by atoms with Crippen molar-refractivity contribution < 1.29 is 0 Å². The van der Waals surface area contributed by atoms with Crippen molar-refractivity contribution in [2.45, 2.75) is 31.6 Å². The molecule has 1 heterocycles. The number of nitrogens with zero attached hydrogens (tertiary/aromatic N) is 2. The van der Waals surface area contributed by atoms with Gasteiger partial charge < -0.3 is 0 Å². The molecule has 0 aliphatic heterocycles. The lowest BCUT2D eigenvalue weighted by Crippen LogP contribution is -2.22. The molecule has 2 aliphatic rings. The van der Waals surface area contributed by atoms with Crippen molar-refractivity contribution in [3.63, 3.8) is 0 Å². The highest BCUT2D eigenvalue weighted by Gasteiger charge is 2.42. The molecular weight excluding hydrogens is 689 g/mol. The molecule has 8 aromatic carbocycles. The SMILES string of the molecule is CC1(C)c2cc3ccccc3cc2-c2c(-c3ccc(-c4cc(-c5cccc6c5-c5ccccc5C6(C)c5ccccc5)nc(-c5ccccc5)n4)cc3)cccc21. The Kier molecular flexibility index (Phi) is 7.37.